The largest absolute Gasteiger partial charge is 0.340 e. The summed E-state index contributed by atoms with van der Waals surface area (Å²) in [6.07, 6.45) is 4.15. The van der Waals surface area contributed by atoms with E-state index in [9.17, 15) is 4.79 Å². The van der Waals surface area contributed by atoms with Crippen molar-refractivity contribution in [3.05, 3.63) is 0 Å². The summed E-state index contributed by atoms with van der Waals surface area (Å²) >= 11 is 0. The van der Waals surface area contributed by atoms with Crippen LogP contribution in [-0.4, -0.2) is 47.9 Å². The van der Waals surface area contributed by atoms with E-state index in [0.29, 0.717) is 0 Å². The molecule has 0 atom stereocenters. The van der Waals surface area contributed by atoms with E-state index in [-0.39, 0.29) is 5.91 Å². The van der Waals surface area contributed by atoms with Crippen molar-refractivity contribution >= 4 is 5.91 Å². The minimum Gasteiger partial charge on any atom is -0.340 e. The van der Waals surface area contributed by atoms with Gasteiger partial charge in [-0.05, 0) is 12.8 Å². The van der Waals surface area contributed by atoms with Gasteiger partial charge in [-0.2, -0.15) is 0 Å². The maximum Gasteiger partial charge on any atom is 0.219 e. The quantitative estimate of drug-likeness (QED) is 0.661. The van der Waals surface area contributed by atoms with Crippen LogP contribution in [0.15, 0.2) is 0 Å². The molecule has 1 aliphatic carbocycles. The van der Waals surface area contributed by atoms with Crippen LogP contribution >= 0.6 is 0 Å². The van der Waals surface area contributed by atoms with Crippen molar-refractivity contribution in [1.29, 1.82) is 0 Å². The van der Waals surface area contributed by atoms with Crippen molar-refractivity contribution in [2.75, 3.05) is 26.2 Å². The minimum absolute atomic E-state index is 0.230. The zero-order valence-corrected chi connectivity index (χ0v) is 10.3. The predicted octanol–water partition coefficient (Wildman–Crippen LogP) is 1.73. The van der Waals surface area contributed by atoms with Crippen molar-refractivity contribution in [2.45, 2.75) is 46.1 Å². The fraction of sp³-hybridized carbons (Fsp3) is 0.917. The van der Waals surface area contributed by atoms with E-state index < -0.39 is 0 Å². The number of rotatable bonds is 1. The summed E-state index contributed by atoms with van der Waals surface area (Å²) in [7, 11) is 0. The molecule has 0 spiro atoms. The molecule has 15 heavy (non-hydrogen) atoms. The summed E-state index contributed by atoms with van der Waals surface area (Å²) in [6.45, 7) is 9.71. The van der Waals surface area contributed by atoms with Crippen molar-refractivity contribution in [3.8, 4) is 0 Å². The van der Waals surface area contributed by atoms with Gasteiger partial charge in [-0.3, -0.25) is 9.69 Å². The van der Waals surface area contributed by atoms with Gasteiger partial charge < -0.3 is 4.90 Å². The van der Waals surface area contributed by atoms with Crippen molar-refractivity contribution in [1.82, 2.24) is 9.80 Å². The molecule has 1 saturated heterocycles. The highest BCUT2D eigenvalue weighted by Crippen LogP contribution is 2.25. The summed E-state index contributed by atoms with van der Waals surface area (Å²) in [5.74, 6) is 0.230. The molecule has 2 rings (SSSR count). The molecule has 88 valence electrons. The molecule has 0 radical (unpaired) electrons. The molecule has 1 amide bonds. The predicted molar refractivity (Wildman–Crippen MR) is 62.8 cm³/mol. The highest BCUT2D eigenvalue weighted by molar-refractivity contribution is 5.73. The van der Waals surface area contributed by atoms with Crippen LogP contribution in [0, 0.1) is 0 Å². The molecule has 3 nitrogen and oxygen atoms in total. The molecule has 0 unspecified atom stereocenters. The highest BCUT2D eigenvalue weighted by Gasteiger charge is 2.28. The second-order valence-corrected chi connectivity index (χ2v) is 4.13. The second-order valence-electron chi connectivity index (χ2n) is 4.13. The lowest BCUT2D eigenvalue weighted by Crippen LogP contribution is -2.53. The first-order chi connectivity index (χ1) is 7.27. The molecule has 1 aliphatic heterocycles. The lowest BCUT2D eigenvalue weighted by Gasteiger charge is -2.42. The van der Waals surface area contributed by atoms with Gasteiger partial charge in [0.15, 0.2) is 0 Å². The van der Waals surface area contributed by atoms with Gasteiger partial charge in [0, 0.05) is 39.1 Å². The van der Waals surface area contributed by atoms with Crippen LogP contribution in [0.2, 0.25) is 0 Å². The summed E-state index contributed by atoms with van der Waals surface area (Å²) in [5, 5.41) is 0. The first kappa shape index (κ1) is 12.5. The van der Waals surface area contributed by atoms with Crippen molar-refractivity contribution < 1.29 is 4.79 Å². The van der Waals surface area contributed by atoms with Gasteiger partial charge in [0.2, 0.25) is 5.91 Å². The Hall–Kier alpha value is -0.570. The molecule has 1 heterocycles. The Morgan fingerprint density at radius 1 is 1.07 bits per heavy atom. The number of carbonyl (C=O) groups excluding carboxylic acids is 1. The fourth-order valence-electron chi connectivity index (χ4n) is 2.15. The molecule has 0 bridgehead atoms. The molecule has 0 aromatic heterocycles. The Morgan fingerprint density at radius 3 is 1.93 bits per heavy atom. The number of nitrogens with zero attached hydrogens (tertiary/aromatic N) is 2. The molecule has 1 saturated carbocycles. The van der Waals surface area contributed by atoms with Crippen LogP contribution in [0.1, 0.15) is 40.0 Å². The third-order valence-corrected chi connectivity index (χ3v) is 3.35. The molecule has 3 heteroatoms. The Bertz CT molecular complexity index is 194. The molecule has 2 fully saturated rings. The Morgan fingerprint density at radius 2 is 1.60 bits per heavy atom. The van der Waals surface area contributed by atoms with Crippen LogP contribution < -0.4 is 0 Å². The number of hydrogen-bond acceptors (Lipinski definition) is 2. The molecule has 0 aromatic rings. The fourth-order valence-corrected chi connectivity index (χ4v) is 2.15. The van der Waals surface area contributed by atoms with Crippen LogP contribution in [0.4, 0.5) is 0 Å². The van der Waals surface area contributed by atoms with E-state index in [1.54, 1.807) is 6.92 Å². The van der Waals surface area contributed by atoms with E-state index in [4.69, 9.17) is 0 Å². The third kappa shape index (κ3) is 3.20. The van der Waals surface area contributed by atoms with Gasteiger partial charge in [-0.15, -0.1) is 0 Å². The van der Waals surface area contributed by atoms with Gasteiger partial charge in [0.05, 0.1) is 0 Å². The topological polar surface area (TPSA) is 23.6 Å². The Balaban J connectivity index is 0.000000531. The molecular formula is C12H24N2O. The Kier molecular flexibility index (Phi) is 5.09. The number of hydrogen-bond donors (Lipinski definition) is 0. The van der Waals surface area contributed by atoms with Gasteiger partial charge in [-0.25, -0.2) is 0 Å². The highest BCUT2D eigenvalue weighted by atomic mass is 16.2. The average Bonchev–Trinajstić information content (AvgIpc) is 2.19. The summed E-state index contributed by atoms with van der Waals surface area (Å²) in [5.41, 5.74) is 0. The number of amides is 1. The van der Waals surface area contributed by atoms with Crippen molar-refractivity contribution in [3.63, 3.8) is 0 Å². The third-order valence-electron chi connectivity index (χ3n) is 3.35. The average molecular weight is 212 g/mol. The monoisotopic (exact) mass is 212 g/mol. The normalized spacial score (nSPS) is 22.7. The first-order valence-corrected chi connectivity index (χ1v) is 6.27. The van der Waals surface area contributed by atoms with E-state index in [1.165, 1.54) is 19.3 Å². The van der Waals surface area contributed by atoms with Crippen LogP contribution in [0.3, 0.4) is 0 Å². The van der Waals surface area contributed by atoms with E-state index in [0.717, 1.165) is 32.2 Å². The first-order valence-electron chi connectivity index (χ1n) is 6.27. The van der Waals surface area contributed by atoms with Gasteiger partial charge in [0.25, 0.3) is 0 Å². The zero-order chi connectivity index (χ0) is 11.3. The summed E-state index contributed by atoms with van der Waals surface area (Å²) in [6, 6.07) is 0.842. The number of carbonyl (C=O) groups is 1. The smallest absolute Gasteiger partial charge is 0.219 e. The van der Waals surface area contributed by atoms with Gasteiger partial charge >= 0.3 is 0 Å². The standard InChI is InChI=1S/C10H18N2O.C2H6/c1-9(13)11-5-7-12(8-6-11)10-3-2-4-10;1-2/h10H,2-8H2,1H3;1-2H3. The van der Waals surface area contributed by atoms with E-state index in [2.05, 4.69) is 4.90 Å². The van der Waals surface area contributed by atoms with E-state index in [1.807, 2.05) is 18.7 Å². The maximum atomic E-state index is 11.1. The molecule has 0 aromatic carbocycles. The van der Waals surface area contributed by atoms with Crippen molar-refractivity contribution in [2.24, 2.45) is 0 Å². The van der Waals surface area contributed by atoms with Gasteiger partial charge in [-0.1, -0.05) is 20.3 Å². The summed E-state index contributed by atoms with van der Waals surface area (Å²) in [4.78, 5) is 15.6. The van der Waals surface area contributed by atoms with Crippen LogP contribution in [-0.2, 0) is 4.79 Å². The second kappa shape index (κ2) is 6.11. The Labute approximate surface area is 93.4 Å². The van der Waals surface area contributed by atoms with Gasteiger partial charge in [0.1, 0.15) is 0 Å². The molecular weight excluding hydrogens is 188 g/mol. The minimum atomic E-state index is 0.230. The molecule has 2 aliphatic rings. The SMILES string of the molecule is CC.CC(=O)N1CCN(C2CCC2)CC1. The zero-order valence-electron chi connectivity index (χ0n) is 10.3. The van der Waals surface area contributed by atoms with Crippen LogP contribution in [0.5, 0.6) is 0 Å². The molecule has 0 N–H and O–H groups in total. The van der Waals surface area contributed by atoms with E-state index >= 15 is 0 Å². The van der Waals surface area contributed by atoms with Crippen LogP contribution in [0.25, 0.3) is 0 Å². The lowest BCUT2D eigenvalue weighted by atomic mass is 9.91. The summed E-state index contributed by atoms with van der Waals surface area (Å²) < 4.78 is 0. The number of piperazine rings is 1. The lowest BCUT2D eigenvalue weighted by molar-refractivity contribution is -0.131. The maximum absolute atomic E-state index is 11.1.